The van der Waals surface area contributed by atoms with Crippen molar-refractivity contribution in [1.29, 1.82) is 0 Å². The van der Waals surface area contributed by atoms with E-state index in [1.54, 1.807) is 0 Å². The Labute approximate surface area is 137 Å². The van der Waals surface area contributed by atoms with Gasteiger partial charge in [-0.1, -0.05) is 54.0 Å². The third-order valence-corrected chi connectivity index (χ3v) is 3.24. The number of ether oxygens (including phenoxy) is 2. The minimum atomic E-state index is -0.650. The van der Waals surface area contributed by atoms with E-state index in [2.05, 4.69) is 23.7 Å². The molecular weight excluding hydrogens is 288 g/mol. The summed E-state index contributed by atoms with van der Waals surface area (Å²) in [6.45, 7) is -0.0930. The Morgan fingerprint density at radius 2 is 1.96 bits per heavy atom. The van der Waals surface area contributed by atoms with Gasteiger partial charge in [0.1, 0.15) is 6.61 Å². The largest absolute Gasteiger partial charge is 0.442 e. The minimum absolute atomic E-state index is 0.0930. The highest BCUT2D eigenvalue weighted by atomic mass is 16.6. The van der Waals surface area contributed by atoms with E-state index in [-0.39, 0.29) is 6.61 Å². The van der Waals surface area contributed by atoms with E-state index in [4.69, 9.17) is 9.47 Å². The monoisotopic (exact) mass is 308 g/mol. The van der Waals surface area contributed by atoms with Crippen molar-refractivity contribution in [3.8, 4) is 23.7 Å². The van der Waals surface area contributed by atoms with Crippen molar-refractivity contribution in [3.05, 3.63) is 41.5 Å². The van der Waals surface area contributed by atoms with Crippen molar-refractivity contribution in [1.82, 2.24) is 0 Å². The molecule has 0 heterocycles. The number of hydrogen-bond donors (Lipinski definition) is 0. The van der Waals surface area contributed by atoms with Crippen molar-refractivity contribution in [2.24, 2.45) is 0 Å². The summed E-state index contributed by atoms with van der Waals surface area (Å²) >= 11 is 0. The number of carbonyl (C=O) groups is 1. The number of methoxy groups -OCH3 is 1. The Hall–Kier alpha value is -2.49. The quantitative estimate of drug-likeness (QED) is 0.633. The van der Waals surface area contributed by atoms with Gasteiger partial charge in [0.15, 0.2) is 6.10 Å². The summed E-state index contributed by atoms with van der Waals surface area (Å²) in [7, 11) is 1.46. The molecule has 1 aliphatic carbocycles. The molecule has 0 saturated carbocycles. The summed E-state index contributed by atoms with van der Waals surface area (Å²) in [6, 6.07) is 9.83. The highest BCUT2D eigenvalue weighted by Crippen LogP contribution is 2.14. The Balaban J connectivity index is 2.31. The van der Waals surface area contributed by atoms with Gasteiger partial charge in [0.25, 0.3) is 0 Å². The molecule has 0 fully saturated rings. The SMILES string of the molecule is COCC(=O)O[C@@H]1C#CCCCCC#C/C1=C\c1ccccc1. The van der Waals surface area contributed by atoms with E-state index in [0.717, 1.165) is 31.2 Å². The summed E-state index contributed by atoms with van der Waals surface area (Å²) in [5.74, 6) is 12.0. The summed E-state index contributed by atoms with van der Waals surface area (Å²) in [5, 5.41) is 0. The van der Waals surface area contributed by atoms with Crippen molar-refractivity contribution < 1.29 is 14.3 Å². The lowest BCUT2D eigenvalue weighted by Crippen LogP contribution is -2.21. The molecule has 0 spiro atoms. The molecule has 0 amide bonds. The molecule has 0 radical (unpaired) electrons. The number of rotatable bonds is 4. The lowest BCUT2D eigenvalue weighted by molar-refractivity contribution is -0.149. The van der Waals surface area contributed by atoms with Crippen LogP contribution in [0.1, 0.15) is 31.2 Å². The molecule has 0 unspecified atom stereocenters. The second kappa shape index (κ2) is 9.51. The fraction of sp³-hybridized carbons (Fsp3) is 0.350. The van der Waals surface area contributed by atoms with Crippen molar-refractivity contribution >= 4 is 12.0 Å². The zero-order chi connectivity index (χ0) is 16.3. The Morgan fingerprint density at radius 1 is 1.22 bits per heavy atom. The zero-order valence-corrected chi connectivity index (χ0v) is 13.3. The molecular formula is C20H20O3. The van der Waals surface area contributed by atoms with Crippen LogP contribution in [0, 0.1) is 23.7 Å². The zero-order valence-electron chi connectivity index (χ0n) is 13.3. The van der Waals surface area contributed by atoms with Crippen LogP contribution in [0.2, 0.25) is 0 Å². The van der Waals surface area contributed by atoms with Gasteiger partial charge in [0, 0.05) is 20.0 Å². The molecule has 3 heteroatoms. The Morgan fingerprint density at radius 3 is 2.70 bits per heavy atom. The Bertz CT molecular complexity index is 666. The first-order chi connectivity index (χ1) is 11.3. The maximum absolute atomic E-state index is 11.8. The summed E-state index contributed by atoms with van der Waals surface area (Å²) in [5.41, 5.74) is 1.71. The van der Waals surface area contributed by atoms with Crippen LogP contribution in [0.3, 0.4) is 0 Å². The van der Waals surface area contributed by atoms with Crippen molar-refractivity contribution in [2.45, 2.75) is 31.8 Å². The first kappa shape index (κ1) is 16.9. The molecule has 0 bridgehead atoms. The van der Waals surface area contributed by atoms with E-state index in [9.17, 15) is 4.79 Å². The van der Waals surface area contributed by atoms with Gasteiger partial charge in [-0.25, -0.2) is 4.79 Å². The lowest BCUT2D eigenvalue weighted by atomic mass is 10.0. The third-order valence-electron chi connectivity index (χ3n) is 3.24. The van der Waals surface area contributed by atoms with Crippen LogP contribution in [0.15, 0.2) is 35.9 Å². The van der Waals surface area contributed by atoms with Gasteiger partial charge in [0.2, 0.25) is 0 Å². The van der Waals surface area contributed by atoms with Crippen molar-refractivity contribution in [3.63, 3.8) is 0 Å². The van der Waals surface area contributed by atoms with Crippen LogP contribution in [0.25, 0.3) is 6.08 Å². The van der Waals surface area contributed by atoms with E-state index >= 15 is 0 Å². The molecule has 1 aromatic carbocycles. The number of carbonyl (C=O) groups excluding carboxylic acids is 1. The van der Waals surface area contributed by atoms with Crippen LogP contribution in [0.5, 0.6) is 0 Å². The molecule has 1 aliphatic rings. The van der Waals surface area contributed by atoms with Crippen LogP contribution in [-0.4, -0.2) is 25.8 Å². The molecule has 1 atom stereocenters. The van der Waals surface area contributed by atoms with Gasteiger partial charge in [-0.05, 0) is 24.5 Å². The fourth-order valence-electron chi connectivity index (χ4n) is 2.12. The third kappa shape index (κ3) is 6.02. The standard InChI is InChI=1S/C20H20O3/c1-22-16-20(21)23-19-14-10-5-3-2-4-9-13-18(19)15-17-11-7-6-8-12-17/h6-8,11-12,15,19H,2-5,16H2,1H3/b18-15+/t19-/m1/s1. The summed E-state index contributed by atoms with van der Waals surface area (Å²) < 4.78 is 10.3. The molecule has 0 aromatic heterocycles. The molecule has 1 aromatic rings. The topological polar surface area (TPSA) is 35.5 Å². The number of esters is 1. The van der Waals surface area contributed by atoms with E-state index in [1.165, 1.54) is 7.11 Å². The maximum Gasteiger partial charge on any atom is 0.333 e. The van der Waals surface area contributed by atoms with Crippen LogP contribution >= 0.6 is 0 Å². The second-order valence-electron chi connectivity index (χ2n) is 5.14. The van der Waals surface area contributed by atoms with Gasteiger partial charge in [0.05, 0.1) is 5.57 Å². The smallest absolute Gasteiger partial charge is 0.333 e. The first-order valence-electron chi connectivity index (χ1n) is 7.72. The van der Waals surface area contributed by atoms with Crippen LogP contribution in [0.4, 0.5) is 0 Å². The van der Waals surface area contributed by atoms with Gasteiger partial charge in [-0.2, -0.15) is 0 Å². The predicted molar refractivity (Wildman–Crippen MR) is 90.2 cm³/mol. The van der Waals surface area contributed by atoms with Gasteiger partial charge in [-0.15, -0.1) is 0 Å². The Kier molecular flexibility index (Phi) is 6.98. The van der Waals surface area contributed by atoms with Gasteiger partial charge in [-0.3, -0.25) is 0 Å². The molecule has 118 valence electrons. The van der Waals surface area contributed by atoms with Crippen LogP contribution < -0.4 is 0 Å². The molecule has 0 aliphatic heterocycles. The molecule has 0 N–H and O–H groups in total. The summed E-state index contributed by atoms with van der Waals surface area (Å²) in [4.78, 5) is 11.8. The lowest BCUT2D eigenvalue weighted by Gasteiger charge is -2.13. The number of hydrogen-bond acceptors (Lipinski definition) is 3. The highest BCUT2D eigenvalue weighted by molar-refractivity contribution is 5.72. The predicted octanol–water partition coefficient (Wildman–Crippen LogP) is 3.21. The molecule has 0 saturated heterocycles. The number of benzene rings is 1. The fourth-order valence-corrected chi connectivity index (χ4v) is 2.12. The average molecular weight is 308 g/mol. The second-order valence-corrected chi connectivity index (χ2v) is 5.14. The molecule has 2 rings (SSSR count). The van der Waals surface area contributed by atoms with Crippen molar-refractivity contribution in [2.75, 3.05) is 13.7 Å². The van der Waals surface area contributed by atoms with Gasteiger partial charge < -0.3 is 9.47 Å². The first-order valence-corrected chi connectivity index (χ1v) is 7.72. The highest BCUT2D eigenvalue weighted by Gasteiger charge is 2.16. The normalized spacial score (nSPS) is 19.0. The molecule has 3 nitrogen and oxygen atoms in total. The minimum Gasteiger partial charge on any atom is -0.442 e. The molecule has 23 heavy (non-hydrogen) atoms. The van der Waals surface area contributed by atoms with Gasteiger partial charge >= 0.3 is 5.97 Å². The van der Waals surface area contributed by atoms with E-state index < -0.39 is 12.1 Å². The maximum atomic E-state index is 11.8. The van der Waals surface area contributed by atoms with Crippen LogP contribution in [-0.2, 0) is 14.3 Å². The van der Waals surface area contributed by atoms with E-state index in [0.29, 0.717) is 5.57 Å². The average Bonchev–Trinajstić information content (AvgIpc) is 2.56. The van der Waals surface area contributed by atoms with E-state index in [1.807, 2.05) is 36.4 Å². The summed E-state index contributed by atoms with van der Waals surface area (Å²) in [6.07, 6.45) is 4.94.